The van der Waals surface area contributed by atoms with Crippen molar-refractivity contribution in [2.75, 3.05) is 13.2 Å². The van der Waals surface area contributed by atoms with Crippen LogP contribution in [0.3, 0.4) is 0 Å². The zero-order valence-corrected chi connectivity index (χ0v) is 11.2. The number of nitrogens with two attached hydrogens (primary N) is 1. The van der Waals surface area contributed by atoms with Crippen molar-refractivity contribution in [3.8, 4) is 5.75 Å². The van der Waals surface area contributed by atoms with E-state index in [1.54, 1.807) is 6.92 Å². The third-order valence-electron chi connectivity index (χ3n) is 3.34. The van der Waals surface area contributed by atoms with E-state index < -0.39 is 23.1 Å². The fourth-order valence-corrected chi connectivity index (χ4v) is 2.00. The van der Waals surface area contributed by atoms with Gasteiger partial charge in [0.1, 0.15) is 6.61 Å². The van der Waals surface area contributed by atoms with Crippen molar-refractivity contribution in [2.45, 2.75) is 25.3 Å². The highest BCUT2D eigenvalue weighted by atomic mass is 19.2. The van der Waals surface area contributed by atoms with Gasteiger partial charge in [0.05, 0.1) is 6.61 Å². The second-order valence-electron chi connectivity index (χ2n) is 4.88. The van der Waals surface area contributed by atoms with Gasteiger partial charge in [-0.2, -0.15) is 4.39 Å². The second-order valence-corrected chi connectivity index (χ2v) is 4.88. The van der Waals surface area contributed by atoms with Crippen molar-refractivity contribution in [2.24, 2.45) is 11.7 Å². The maximum atomic E-state index is 13.5. The first-order valence-electron chi connectivity index (χ1n) is 6.52. The second kappa shape index (κ2) is 5.75. The van der Waals surface area contributed by atoms with E-state index in [-0.39, 0.29) is 24.9 Å². The number of carbonyl (C=O) groups excluding carboxylic acids is 1. The lowest BCUT2D eigenvalue weighted by atomic mass is 9.96. The topological polar surface area (TPSA) is 61.5 Å². The standard InChI is InChI=1S/C14H17F2NO3/c1-2-19-13(18)14(17,9-6-7-9)8-20-11-5-3-4-10(15)12(11)16/h3-5,9H,2,6-8,17H2,1H3. The molecule has 1 aromatic rings. The van der Waals surface area contributed by atoms with Crippen molar-refractivity contribution in [3.05, 3.63) is 29.8 Å². The van der Waals surface area contributed by atoms with Crippen molar-refractivity contribution < 1.29 is 23.0 Å². The van der Waals surface area contributed by atoms with Gasteiger partial charge in [0.25, 0.3) is 0 Å². The smallest absolute Gasteiger partial charge is 0.329 e. The summed E-state index contributed by atoms with van der Waals surface area (Å²) in [7, 11) is 0. The maximum absolute atomic E-state index is 13.5. The van der Waals surface area contributed by atoms with Crippen LogP contribution in [0.5, 0.6) is 5.75 Å². The molecule has 1 saturated carbocycles. The van der Waals surface area contributed by atoms with Crippen LogP contribution in [0.2, 0.25) is 0 Å². The minimum atomic E-state index is -1.31. The summed E-state index contributed by atoms with van der Waals surface area (Å²) in [6.07, 6.45) is 1.59. The fraction of sp³-hybridized carbons (Fsp3) is 0.500. The Morgan fingerprint density at radius 1 is 1.45 bits per heavy atom. The molecule has 110 valence electrons. The van der Waals surface area contributed by atoms with E-state index in [1.807, 2.05) is 0 Å². The Kier molecular flexibility index (Phi) is 4.23. The largest absolute Gasteiger partial charge is 0.488 e. The summed E-state index contributed by atoms with van der Waals surface area (Å²) in [6, 6.07) is 3.61. The van der Waals surface area contributed by atoms with E-state index in [4.69, 9.17) is 15.2 Å². The van der Waals surface area contributed by atoms with E-state index >= 15 is 0 Å². The van der Waals surface area contributed by atoms with Crippen molar-refractivity contribution in [1.82, 2.24) is 0 Å². The maximum Gasteiger partial charge on any atom is 0.329 e. The number of ether oxygens (including phenoxy) is 2. The number of benzene rings is 1. The molecule has 0 radical (unpaired) electrons. The van der Waals surface area contributed by atoms with E-state index in [9.17, 15) is 13.6 Å². The molecule has 1 aliphatic rings. The first kappa shape index (κ1) is 14.7. The van der Waals surface area contributed by atoms with Crippen LogP contribution < -0.4 is 10.5 Å². The molecule has 1 fully saturated rings. The molecule has 20 heavy (non-hydrogen) atoms. The summed E-state index contributed by atoms with van der Waals surface area (Å²) in [6.45, 7) is 1.65. The number of halogens is 2. The van der Waals surface area contributed by atoms with Crippen LogP contribution in [0.1, 0.15) is 19.8 Å². The SMILES string of the molecule is CCOC(=O)C(N)(COc1cccc(F)c1F)C1CC1. The Bertz CT molecular complexity index is 505. The van der Waals surface area contributed by atoms with Gasteiger partial charge in [-0.05, 0) is 37.8 Å². The van der Waals surface area contributed by atoms with Gasteiger partial charge in [-0.15, -0.1) is 0 Å². The first-order valence-corrected chi connectivity index (χ1v) is 6.52. The van der Waals surface area contributed by atoms with Gasteiger partial charge in [-0.3, -0.25) is 0 Å². The average molecular weight is 285 g/mol. The Morgan fingerprint density at radius 3 is 2.75 bits per heavy atom. The summed E-state index contributed by atoms with van der Waals surface area (Å²) in [5, 5.41) is 0. The van der Waals surface area contributed by atoms with Crippen molar-refractivity contribution in [3.63, 3.8) is 0 Å². The molecule has 6 heteroatoms. The lowest BCUT2D eigenvalue weighted by Crippen LogP contribution is -2.55. The van der Waals surface area contributed by atoms with E-state index in [1.165, 1.54) is 12.1 Å². The molecule has 0 aromatic heterocycles. The van der Waals surface area contributed by atoms with Gasteiger partial charge in [-0.25, -0.2) is 9.18 Å². The predicted molar refractivity (Wildman–Crippen MR) is 68.1 cm³/mol. The minimum absolute atomic E-state index is 0.0434. The number of hydrogen-bond donors (Lipinski definition) is 1. The third kappa shape index (κ3) is 2.90. The molecule has 0 spiro atoms. The molecule has 4 nitrogen and oxygen atoms in total. The van der Waals surface area contributed by atoms with Crippen LogP contribution in [0.4, 0.5) is 8.78 Å². The minimum Gasteiger partial charge on any atom is -0.488 e. The molecule has 2 N–H and O–H groups in total. The van der Waals surface area contributed by atoms with Crippen LogP contribution in [0.25, 0.3) is 0 Å². The van der Waals surface area contributed by atoms with Crippen LogP contribution in [-0.4, -0.2) is 24.7 Å². The number of rotatable bonds is 6. The van der Waals surface area contributed by atoms with Crippen molar-refractivity contribution >= 4 is 5.97 Å². The zero-order chi connectivity index (χ0) is 14.8. The monoisotopic (exact) mass is 285 g/mol. The molecule has 1 aromatic carbocycles. The third-order valence-corrected chi connectivity index (χ3v) is 3.34. The Labute approximate surface area is 115 Å². The molecule has 0 aliphatic heterocycles. The van der Waals surface area contributed by atoms with Gasteiger partial charge < -0.3 is 15.2 Å². The van der Waals surface area contributed by atoms with Crippen LogP contribution >= 0.6 is 0 Å². The zero-order valence-electron chi connectivity index (χ0n) is 11.2. The van der Waals surface area contributed by atoms with E-state index in [0.29, 0.717) is 0 Å². The molecule has 0 heterocycles. The highest BCUT2D eigenvalue weighted by molar-refractivity contribution is 5.81. The molecule has 1 unspecified atom stereocenters. The summed E-state index contributed by atoms with van der Waals surface area (Å²) >= 11 is 0. The van der Waals surface area contributed by atoms with Gasteiger partial charge in [0.15, 0.2) is 17.1 Å². The normalized spacial score (nSPS) is 17.4. The van der Waals surface area contributed by atoms with Crippen LogP contribution in [-0.2, 0) is 9.53 Å². The molecule has 0 bridgehead atoms. The number of esters is 1. The number of carbonyl (C=O) groups is 1. The Balaban J connectivity index is 2.09. The van der Waals surface area contributed by atoms with E-state index in [0.717, 1.165) is 18.9 Å². The van der Waals surface area contributed by atoms with Gasteiger partial charge in [0.2, 0.25) is 5.82 Å². The highest BCUT2D eigenvalue weighted by Gasteiger charge is 2.50. The fourth-order valence-electron chi connectivity index (χ4n) is 2.00. The summed E-state index contributed by atoms with van der Waals surface area (Å²) in [4.78, 5) is 11.9. The summed E-state index contributed by atoms with van der Waals surface area (Å²) in [5.74, 6) is -2.97. The van der Waals surface area contributed by atoms with Gasteiger partial charge >= 0.3 is 5.97 Å². The quantitative estimate of drug-likeness (QED) is 0.812. The lowest BCUT2D eigenvalue weighted by molar-refractivity contribution is -0.152. The lowest BCUT2D eigenvalue weighted by Gasteiger charge is -2.27. The molecule has 1 atom stereocenters. The molecule has 2 rings (SSSR count). The van der Waals surface area contributed by atoms with Gasteiger partial charge in [-0.1, -0.05) is 6.07 Å². The van der Waals surface area contributed by atoms with Crippen LogP contribution in [0, 0.1) is 17.6 Å². The number of hydrogen-bond acceptors (Lipinski definition) is 4. The van der Waals surface area contributed by atoms with Crippen LogP contribution in [0.15, 0.2) is 18.2 Å². The molecule has 1 aliphatic carbocycles. The Morgan fingerprint density at radius 2 is 2.15 bits per heavy atom. The molecular weight excluding hydrogens is 268 g/mol. The highest BCUT2D eigenvalue weighted by Crippen LogP contribution is 2.39. The van der Waals surface area contributed by atoms with Gasteiger partial charge in [0, 0.05) is 0 Å². The molecular formula is C14H17F2NO3. The molecule has 0 amide bonds. The first-order chi connectivity index (χ1) is 9.49. The predicted octanol–water partition coefficient (Wildman–Crippen LogP) is 2.01. The Hall–Kier alpha value is -1.69. The summed E-state index contributed by atoms with van der Waals surface area (Å²) in [5.41, 5.74) is 4.74. The van der Waals surface area contributed by atoms with Crippen molar-refractivity contribution in [1.29, 1.82) is 0 Å². The van der Waals surface area contributed by atoms with E-state index in [2.05, 4.69) is 0 Å². The molecule has 0 saturated heterocycles. The average Bonchev–Trinajstić information content (AvgIpc) is 3.25. The summed E-state index contributed by atoms with van der Waals surface area (Å²) < 4.78 is 36.7.